The summed E-state index contributed by atoms with van der Waals surface area (Å²) in [5.74, 6) is 0. The maximum Gasteiger partial charge on any atom is 0.192 e. The summed E-state index contributed by atoms with van der Waals surface area (Å²) >= 11 is 0. The second-order valence-electron chi connectivity index (χ2n) is 16.8. The summed E-state index contributed by atoms with van der Waals surface area (Å²) < 4.78 is 21.0. The van der Waals surface area contributed by atoms with E-state index in [1.54, 1.807) is 0 Å². The number of rotatable bonds is 10. The van der Waals surface area contributed by atoms with E-state index >= 15 is 0 Å². The largest absolute Gasteiger partial charge is 0.415 e. The number of nitrogens with zero attached hydrogens (tertiary/aromatic N) is 1. The van der Waals surface area contributed by atoms with E-state index in [4.69, 9.17) is 13.3 Å². The summed E-state index contributed by atoms with van der Waals surface area (Å²) in [5.41, 5.74) is 2.03. The van der Waals surface area contributed by atoms with Gasteiger partial charge in [0.05, 0.1) is 31.5 Å². The van der Waals surface area contributed by atoms with Crippen molar-refractivity contribution >= 4 is 25.0 Å². The van der Waals surface area contributed by atoms with Crippen molar-refractivity contribution in [2.24, 2.45) is 0 Å². The molecule has 0 saturated carbocycles. The zero-order chi connectivity index (χ0) is 31.8. The van der Waals surface area contributed by atoms with Crippen LogP contribution >= 0.6 is 0 Å². The first kappa shape index (κ1) is 36.8. The van der Waals surface area contributed by atoms with E-state index in [1.165, 1.54) is 0 Å². The summed E-state index contributed by atoms with van der Waals surface area (Å²) in [6.07, 6.45) is -1.56. The molecule has 6 nitrogen and oxygen atoms in total. The first-order valence-corrected chi connectivity index (χ1v) is 24.2. The van der Waals surface area contributed by atoms with Crippen molar-refractivity contribution < 1.29 is 23.5 Å². The molecular weight excluding hydrogens is 563 g/mol. The number of aliphatic hydroxyl groups is 2. The average molecular weight is 626 g/mol. The van der Waals surface area contributed by atoms with Crippen LogP contribution in [0.15, 0.2) is 24.3 Å². The minimum atomic E-state index is -2.26. The number of piperidine rings is 1. The van der Waals surface area contributed by atoms with Crippen molar-refractivity contribution in [2.75, 3.05) is 13.2 Å². The van der Waals surface area contributed by atoms with Crippen molar-refractivity contribution in [3.8, 4) is 0 Å². The molecule has 2 unspecified atom stereocenters. The molecule has 2 rings (SSSR count). The average Bonchev–Trinajstić information content (AvgIpc) is 2.79. The van der Waals surface area contributed by atoms with Crippen molar-refractivity contribution in [3.05, 3.63) is 35.4 Å². The van der Waals surface area contributed by atoms with Gasteiger partial charge < -0.3 is 23.5 Å². The molecule has 1 fully saturated rings. The maximum atomic E-state index is 12.1. The molecule has 4 atom stereocenters. The topological polar surface area (TPSA) is 71.4 Å². The first-order valence-electron chi connectivity index (χ1n) is 15.4. The molecule has 2 N–H and O–H groups in total. The molecule has 1 aromatic carbocycles. The fourth-order valence-corrected chi connectivity index (χ4v) is 8.08. The Balaban J connectivity index is 2.61. The molecule has 238 valence electrons. The lowest BCUT2D eigenvalue weighted by Crippen LogP contribution is -2.68. The van der Waals surface area contributed by atoms with Gasteiger partial charge in [-0.3, -0.25) is 4.90 Å². The van der Waals surface area contributed by atoms with Crippen LogP contribution in [0.25, 0.3) is 0 Å². The van der Waals surface area contributed by atoms with E-state index in [1.807, 2.05) is 12.1 Å². The summed E-state index contributed by atoms with van der Waals surface area (Å²) in [6.45, 7) is 35.6. The fraction of sp³-hybridized carbons (Fsp3) is 0.812. The van der Waals surface area contributed by atoms with Gasteiger partial charge in [0.2, 0.25) is 0 Å². The molecule has 0 aliphatic carbocycles. The van der Waals surface area contributed by atoms with Crippen LogP contribution in [0.1, 0.15) is 73.4 Å². The van der Waals surface area contributed by atoms with Gasteiger partial charge >= 0.3 is 0 Å². The smallest absolute Gasteiger partial charge is 0.192 e. The van der Waals surface area contributed by atoms with Crippen LogP contribution in [-0.2, 0) is 26.4 Å². The van der Waals surface area contributed by atoms with Gasteiger partial charge in [-0.15, -0.1) is 0 Å². The van der Waals surface area contributed by atoms with Gasteiger partial charge in [0, 0.05) is 13.1 Å². The van der Waals surface area contributed by atoms with Crippen LogP contribution in [-0.4, -0.2) is 77.6 Å². The van der Waals surface area contributed by atoms with Gasteiger partial charge in [0.15, 0.2) is 25.0 Å². The highest BCUT2D eigenvalue weighted by Crippen LogP contribution is 2.43. The number of aliphatic hydroxyl groups excluding tert-OH is 2. The molecule has 1 heterocycles. The zero-order valence-electron chi connectivity index (χ0n) is 29.0. The Hall–Kier alpha value is -0.369. The molecule has 0 amide bonds. The third kappa shape index (κ3) is 9.08. The number of hydrogen-bond donors (Lipinski definition) is 2. The molecule has 0 radical (unpaired) electrons. The zero-order valence-corrected chi connectivity index (χ0v) is 32.0. The highest BCUT2D eigenvalue weighted by Gasteiger charge is 2.52. The Labute approximate surface area is 255 Å². The lowest BCUT2D eigenvalue weighted by Gasteiger charge is -2.53. The number of likely N-dealkylation sites (tertiary alicyclic amines) is 1. The van der Waals surface area contributed by atoms with Crippen LogP contribution in [0.3, 0.4) is 0 Å². The Bertz CT molecular complexity index is 994. The van der Waals surface area contributed by atoms with Crippen LogP contribution in [0.5, 0.6) is 0 Å². The second kappa shape index (κ2) is 12.9. The normalized spacial score (nSPS) is 24.1. The minimum Gasteiger partial charge on any atom is -0.415 e. The highest BCUT2D eigenvalue weighted by atomic mass is 28.4. The van der Waals surface area contributed by atoms with Gasteiger partial charge in [-0.1, -0.05) is 86.6 Å². The Kier molecular flexibility index (Phi) is 11.6. The van der Waals surface area contributed by atoms with Gasteiger partial charge in [-0.25, -0.2) is 0 Å². The molecule has 0 aromatic heterocycles. The monoisotopic (exact) mass is 625 g/mol. The standard InChI is InChI=1S/C32H63NO5Si3/c1-30(2,3)39(10,11)36-23-26-29(38-41(14,15)32(7,8)9)28(35)27(37-40(12,13)31(4,5)6)21-33(26)20-24-17-16-18-25(19-24)22-34/h16-19,26-29,34-35H,20-23H2,1-15H3/t26-,27?,28-,29?/m1/s1. The molecule has 1 aliphatic rings. The maximum absolute atomic E-state index is 12.1. The lowest BCUT2D eigenvalue weighted by atomic mass is 9.93. The van der Waals surface area contributed by atoms with Crippen molar-refractivity contribution in [2.45, 2.75) is 154 Å². The molecule has 9 heteroatoms. The molecule has 41 heavy (non-hydrogen) atoms. The van der Waals surface area contributed by atoms with Crippen LogP contribution in [0.4, 0.5) is 0 Å². The van der Waals surface area contributed by atoms with Gasteiger partial charge in [0.1, 0.15) is 6.10 Å². The fourth-order valence-electron chi connectivity index (χ4n) is 4.40. The van der Waals surface area contributed by atoms with E-state index in [9.17, 15) is 10.2 Å². The van der Waals surface area contributed by atoms with E-state index in [0.717, 1.165) is 11.1 Å². The van der Waals surface area contributed by atoms with E-state index in [2.05, 4.69) is 119 Å². The number of hydrogen-bond acceptors (Lipinski definition) is 6. The number of benzene rings is 1. The summed E-state index contributed by atoms with van der Waals surface area (Å²) in [4.78, 5) is 2.42. The first-order chi connectivity index (χ1) is 18.3. The molecule has 0 spiro atoms. The third-order valence-electron chi connectivity index (χ3n) is 10.5. The van der Waals surface area contributed by atoms with Crippen LogP contribution < -0.4 is 0 Å². The Morgan fingerprint density at radius 2 is 1.27 bits per heavy atom. The minimum absolute atomic E-state index is 0.00885. The van der Waals surface area contributed by atoms with Gasteiger partial charge in [-0.05, 0) is 65.5 Å². The molecule has 1 saturated heterocycles. The van der Waals surface area contributed by atoms with Crippen molar-refractivity contribution in [3.63, 3.8) is 0 Å². The summed E-state index contributed by atoms with van der Waals surface area (Å²) in [5, 5.41) is 22.0. The molecule has 1 aliphatic heterocycles. The quantitative estimate of drug-likeness (QED) is 0.262. The Morgan fingerprint density at radius 1 is 0.780 bits per heavy atom. The second-order valence-corrected chi connectivity index (χ2v) is 31.1. The predicted octanol–water partition coefficient (Wildman–Crippen LogP) is 7.53. The third-order valence-corrected chi connectivity index (χ3v) is 23.9. The summed E-state index contributed by atoms with van der Waals surface area (Å²) in [7, 11) is -6.50. The predicted molar refractivity (Wildman–Crippen MR) is 180 cm³/mol. The van der Waals surface area contributed by atoms with Crippen LogP contribution in [0.2, 0.25) is 54.4 Å². The lowest BCUT2D eigenvalue weighted by molar-refractivity contribution is -0.136. The Morgan fingerprint density at radius 3 is 1.76 bits per heavy atom. The molecule has 0 bridgehead atoms. The van der Waals surface area contributed by atoms with E-state index in [0.29, 0.717) is 19.7 Å². The van der Waals surface area contributed by atoms with Gasteiger partial charge in [-0.2, -0.15) is 0 Å². The highest BCUT2D eigenvalue weighted by molar-refractivity contribution is 6.75. The van der Waals surface area contributed by atoms with E-state index < -0.39 is 37.2 Å². The van der Waals surface area contributed by atoms with Gasteiger partial charge in [0.25, 0.3) is 0 Å². The van der Waals surface area contributed by atoms with Crippen molar-refractivity contribution in [1.29, 1.82) is 0 Å². The van der Waals surface area contributed by atoms with E-state index in [-0.39, 0.29) is 33.9 Å². The van der Waals surface area contributed by atoms with Crippen LogP contribution in [0, 0.1) is 0 Å². The van der Waals surface area contributed by atoms with Crippen molar-refractivity contribution in [1.82, 2.24) is 4.90 Å². The SMILES string of the molecule is CC(C)(C)[Si](C)(C)OC[C@@H]1C(O[Si](C)(C)C(C)(C)C)[C@H](O)C(O[Si](C)(C)C(C)(C)C)CN1Cc1cccc(CO)c1. The summed E-state index contributed by atoms with van der Waals surface area (Å²) in [6, 6.07) is 8.01. The molecule has 1 aromatic rings. The molecular formula is C32H63NO5Si3.